The largest absolute Gasteiger partial charge is 0.490 e. The molecule has 0 bridgehead atoms. The Bertz CT molecular complexity index is 616. The summed E-state index contributed by atoms with van der Waals surface area (Å²) in [5.74, 6) is -0.907. The topological polar surface area (TPSA) is 55.8 Å². The third-order valence-corrected chi connectivity index (χ3v) is 4.50. The molecule has 0 aromatic heterocycles. The molecule has 1 N–H and O–H groups in total. The van der Waals surface area contributed by atoms with Crippen molar-refractivity contribution in [2.75, 3.05) is 0 Å². The van der Waals surface area contributed by atoms with Gasteiger partial charge in [0.1, 0.15) is 0 Å². The smallest absolute Gasteiger partial charge is 0.478 e. The van der Waals surface area contributed by atoms with Crippen molar-refractivity contribution in [1.29, 1.82) is 0 Å². The molecule has 22 heavy (non-hydrogen) atoms. The van der Waals surface area contributed by atoms with Crippen molar-refractivity contribution in [3.05, 3.63) is 40.4 Å². The molecule has 1 fully saturated rings. The summed E-state index contributed by atoms with van der Waals surface area (Å²) in [5, 5.41) is 9.07. The van der Waals surface area contributed by atoms with Crippen molar-refractivity contribution in [3.63, 3.8) is 0 Å². The fourth-order valence-corrected chi connectivity index (χ4v) is 2.38. The predicted molar refractivity (Wildman–Crippen MR) is 87.9 cm³/mol. The molecule has 0 atom stereocenters. The number of carbonyl (C=O) groups is 1. The van der Waals surface area contributed by atoms with Crippen molar-refractivity contribution < 1.29 is 19.2 Å². The Morgan fingerprint density at radius 2 is 1.73 bits per heavy atom. The van der Waals surface area contributed by atoms with Gasteiger partial charge in [0.25, 0.3) is 0 Å². The number of rotatable bonds is 3. The summed E-state index contributed by atoms with van der Waals surface area (Å²) in [6.45, 7) is 11.8. The number of benzene rings is 1. The second-order valence-electron chi connectivity index (χ2n) is 6.86. The van der Waals surface area contributed by atoms with Gasteiger partial charge in [-0.1, -0.05) is 18.2 Å². The molecule has 0 saturated carbocycles. The average molecular weight is 302 g/mol. The number of hydrogen-bond acceptors (Lipinski definition) is 3. The standard InChI is InChI=1S/C17H23BO4/c1-11-9-13(7-8-14(11)15(19)20)10-12(2)18-21-16(3,4)17(5,6)22-18/h7-10H,1-6H3,(H,19,20)/b12-10-. The van der Waals surface area contributed by atoms with Gasteiger partial charge in [0.15, 0.2) is 0 Å². The van der Waals surface area contributed by atoms with E-state index in [1.165, 1.54) is 0 Å². The number of aromatic carboxylic acids is 1. The minimum Gasteiger partial charge on any atom is -0.478 e. The Kier molecular flexibility index (Phi) is 4.24. The van der Waals surface area contributed by atoms with Gasteiger partial charge in [-0.3, -0.25) is 0 Å². The highest BCUT2D eigenvalue weighted by Gasteiger charge is 2.51. The van der Waals surface area contributed by atoms with Crippen LogP contribution in [0.2, 0.25) is 0 Å². The zero-order chi connectivity index (χ0) is 16.7. The third kappa shape index (κ3) is 3.10. The molecule has 1 aromatic rings. The lowest BCUT2D eigenvalue weighted by Gasteiger charge is -2.32. The summed E-state index contributed by atoms with van der Waals surface area (Å²) in [5.41, 5.74) is 2.23. The molecule has 0 amide bonds. The Hall–Kier alpha value is -1.59. The normalized spacial score (nSPS) is 20.3. The first-order chi connectivity index (χ1) is 10.0. The van der Waals surface area contributed by atoms with Gasteiger partial charge in [-0.2, -0.15) is 0 Å². The molecule has 4 nitrogen and oxygen atoms in total. The van der Waals surface area contributed by atoms with Gasteiger partial charge in [0.2, 0.25) is 0 Å². The monoisotopic (exact) mass is 302 g/mol. The number of aryl methyl sites for hydroxylation is 1. The van der Waals surface area contributed by atoms with Crippen LogP contribution in [-0.2, 0) is 9.31 Å². The van der Waals surface area contributed by atoms with Crippen molar-refractivity contribution in [2.45, 2.75) is 52.7 Å². The van der Waals surface area contributed by atoms with Crippen LogP contribution in [0.3, 0.4) is 0 Å². The van der Waals surface area contributed by atoms with Crippen LogP contribution in [0.5, 0.6) is 0 Å². The third-order valence-electron chi connectivity index (χ3n) is 4.50. The van der Waals surface area contributed by atoms with Crippen LogP contribution in [-0.4, -0.2) is 29.4 Å². The number of carboxylic acids is 1. The predicted octanol–water partition coefficient (Wildman–Crippen LogP) is 3.73. The van der Waals surface area contributed by atoms with E-state index >= 15 is 0 Å². The molecule has 0 radical (unpaired) electrons. The van der Waals surface area contributed by atoms with Gasteiger partial charge in [0.05, 0.1) is 16.8 Å². The van der Waals surface area contributed by atoms with Crippen molar-refractivity contribution >= 4 is 19.2 Å². The van der Waals surface area contributed by atoms with Crippen LogP contribution in [0.25, 0.3) is 6.08 Å². The quantitative estimate of drug-likeness (QED) is 0.864. The summed E-state index contributed by atoms with van der Waals surface area (Å²) < 4.78 is 12.0. The lowest BCUT2D eigenvalue weighted by Crippen LogP contribution is -2.41. The number of hydrogen-bond donors (Lipinski definition) is 1. The SMILES string of the molecule is C/C(=C/c1ccc(C(=O)O)c(C)c1)B1OC(C)(C)C(C)(C)O1. The summed E-state index contributed by atoms with van der Waals surface area (Å²) in [4.78, 5) is 11.1. The van der Waals surface area contributed by atoms with Crippen LogP contribution in [0.15, 0.2) is 23.7 Å². The lowest BCUT2D eigenvalue weighted by molar-refractivity contribution is 0.00578. The molecular formula is C17H23BO4. The first-order valence-corrected chi connectivity index (χ1v) is 7.41. The lowest BCUT2D eigenvalue weighted by atomic mass is 9.78. The van der Waals surface area contributed by atoms with Gasteiger partial charge in [-0.25, -0.2) is 4.79 Å². The fourth-order valence-electron chi connectivity index (χ4n) is 2.38. The molecule has 1 aliphatic rings. The molecule has 5 heteroatoms. The van der Waals surface area contributed by atoms with E-state index in [2.05, 4.69) is 0 Å². The van der Waals surface area contributed by atoms with Gasteiger partial charge in [-0.15, -0.1) is 0 Å². The zero-order valence-electron chi connectivity index (χ0n) is 14.1. The Morgan fingerprint density at radius 3 is 2.18 bits per heavy atom. The maximum absolute atomic E-state index is 11.1. The summed E-state index contributed by atoms with van der Waals surface area (Å²) in [6.07, 6.45) is 1.97. The summed E-state index contributed by atoms with van der Waals surface area (Å²) in [6, 6.07) is 5.28. The molecule has 1 aliphatic heterocycles. The molecular weight excluding hydrogens is 279 g/mol. The van der Waals surface area contributed by atoms with E-state index in [1.807, 2.05) is 46.8 Å². The van der Waals surface area contributed by atoms with E-state index < -0.39 is 5.97 Å². The van der Waals surface area contributed by atoms with E-state index in [9.17, 15) is 4.79 Å². The van der Waals surface area contributed by atoms with Crippen LogP contribution in [0.4, 0.5) is 0 Å². The van der Waals surface area contributed by atoms with E-state index in [1.54, 1.807) is 19.1 Å². The second kappa shape index (κ2) is 5.56. The van der Waals surface area contributed by atoms with Crippen LogP contribution >= 0.6 is 0 Å². The summed E-state index contributed by atoms with van der Waals surface area (Å²) in [7, 11) is -0.385. The first kappa shape index (κ1) is 16.8. The zero-order valence-corrected chi connectivity index (χ0v) is 14.1. The van der Waals surface area contributed by atoms with E-state index in [-0.39, 0.29) is 18.3 Å². The molecule has 1 heterocycles. The first-order valence-electron chi connectivity index (χ1n) is 7.41. The van der Waals surface area contributed by atoms with Gasteiger partial charge >= 0.3 is 13.1 Å². The number of carboxylic acid groups (broad SMARTS) is 1. The minimum absolute atomic E-state index is 0.324. The van der Waals surface area contributed by atoms with Crippen molar-refractivity contribution in [3.8, 4) is 0 Å². The average Bonchev–Trinajstić information content (AvgIpc) is 2.58. The van der Waals surface area contributed by atoms with E-state index in [0.717, 1.165) is 16.6 Å². The number of allylic oxidation sites excluding steroid dienone is 1. The highest BCUT2D eigenvalue weighted by atomic mass is 16.7. The van der Waals surface area contributed by atoms with E-state index in [4.69, 9.17) is 14.4 Å². The molecule has 2 rings (SSSR count). The van der Waals surface area contributed by atoms with Crippen LogP contribution in [0.1, 0.15) is 56.1 Å². The Morgan fingerprint density at radius 1 is 1.18 bits per heavy atom. The van der Waals surface area contributed by atoms with Crippen LogP contribution in [0, 0.1) is 6.92 Å². The molecule has 1 saturated heterocycles. The maximum Gasteiger partial charge on any atom is 0.490 e. The van der Waals surface area contributed by atoms with Crippen molar-refractivity contribution in [2.24, 2.45) is 0 Å². The van der Waals surface area contributed by atoms with Gasteiger partial charge in [-0.05, 0) is 64.2 Å². The van der Waals surface area contributed by atoms with Crippen LogP contribution < -0.4 is 0 Å². The van der Waals surface area contributed by atoms with Gasteiger partial charge in [0, 0.05) is 0 Å². The Balaban J connectivity index is 2.24. The van der Waals surface area contributed by atoms with E-state index in [0.29, 0.717) is 5.56 Å². The van der Waals surface area contributed by atoms with Crippen molar-refractivity contribution in [1.82, 2.24) is 0 Å². The molecule has 0 unspecified atom stereocenters. The minimum atomic E-state index is -0.907. The molecule has 1 aromatic carbocycles. The molecule has 118 valence electrons. The fraction of sp³-hybridized carbons (Fsp3) is 0.471. The Labute approximate surface area is 132 Å². The summed E-state index contributed by atoms with van der Waals surface area (Å²) >= 11 is 0. The highest BCUT2D eigenvalue weighted by molar-refractivity contribution is 6.55. The molecule has 0 aliphatic carbocycles. The second-order valence-corrected chi connectivity index (χ2v) is 6.86. The maximum atomic E-state index is 11.1. The van der Waals surface area contributed by atoms with Gasteiger partial charge < -0.3 is 14.4 Å². The molecule has 0 spiro atoms. The highest BCUT2D eigenvalue weighted by Crippen LogP contribution is 2.38.